The second kappa shape index (κ2) is 13.5. The SMILES string of the molecule is CN(Cc1ccc2c(c1F)C(=O)N(C1CCC(=O)NC1=O)C2=O)C1CCN(c2ccc([C@@H]3c4ccc(O)cc4OC[C@@H]3c3ccccc3)cc2)CC1. The van der Waals surface area contributed by atoms with E-state index >= 15 is 4.39 Å². The summed E-state index contributed by atoms with van der Waals surface area (Å²) in [6, 6.07) is 26.5. The van der Waals surface area contributed by atoms with Gasteiger partial charge in [0.15, 0.2) is 0 Å². The normalized spacial score (nSPS) is 21.9. The molecule has 2 N–H and O–H groups in total. The number of phenols is 1. The first-order valence-electron chi connectivity index (χ1n) is 17.8. The maximum Gasteiger partial charge on any atom is 0.265 e. The largest absolute Gasteiger partial charge is 0.508 e. The number of imide groups is 2. The van der Waals surface area contributed by atoms with Gasteiger partial charge in [-0.1, -0.05) is 54.6 Å². The number of nitrogens with zero attached hydrogens (tertiary/aromatic N) is 3. The fraction of sp³-hybridized carbons (Fsp3) is 0.317. The van der Waals surface area contributed by atoms with Crippen molar-refractivity contribution < 1.29 is 33.4 Å². The maximum absolute atomic E-state index is 15.9. The number of amides is 4. The Balaban J connectivity index is 0.929. The molecule has 4 aromatic rings. The van der Waals surface area contributed by atoms with Gasteiger partial charge in [0.1, 0.15) is 23.4 Å². The van der Waals surface area contributed by atoms with Gasteiger partial charge in [0.05, 0.1) is 17.7 Å². The fourth-order valence-corrected chi connectivity index (χ4v) is 8.34. The molecule has 4 aliphatic rings. The lowest BCUT2D eigenvalue weighted by atomic mass is 9.76. The van der Waals surface area contributed by atoms with Gasteiger partial charge in [0, 0.05) is 66.8 Å². The number of rotatable bonds is 7. The fourth-order valence-electron chi connectivity index (χ4n) is 8.34. The number of carbonyl (C=O) groups excluding carboxylic acids is 4. The summed E-state index contributed by atoms with van der Waals surface area (Å²) in [7, 11) is 1.94. The van der Waals surface area contributed by atoms with Gasteiger partial charge in [-0.15, -0.1) is 0 Å². The third-order valence-corrected chi connectivity index (χ3v) is 11.1. The summed E-state index contributed by atoms with van der Waals surface area (Å²) in [5.74, 6) is -2.41. The van der Waals surface area contributed by atoms with E-state index in [1.807, 2.05) is 31.3 Å². The van der Waals surface area contributed by atoms with E-state index in [1.54, 1.807) is 18.2 Å². The zero-order valence-corrected chi connectivity index (χ0v) is 28.8. The predicted octanol–water partition coefficient (Wildman–Crippen LogP) is 5.34. The molecule has 52 heavy (non-hydrogen) atoms. The lowest BCUT2D eigenvalue weighted by Crippen LogP contribution is -2.54. The van der Waals surface area contributed by atoms with Gasteiger partial charge in [0.2, 0.25) is 11.8 Å². The van der Waals surface area contributed by atoms with Crippen molar-refractivity contribution in [1.82, 2.24) is 15.1 Å². The quantitative estimate of drug-likeness (QED) is 0.248. The van der Waals surface area contributed by atoms with Crippen molar-refractivity contribution >= 4 is 29.3 Å². The van der Waals surface area contributed by atoms with Gasteiger partial charge >= 0.3 is 0 Å². The summed E-state index contributed by atoms with van der Waals surface area (Å²) in [6.45, 7) is 2.41. The third-order valence-electron chi connectivity index (χ3n) is 11.1. The van der Waals surface area contributed by atoms with Crippen molar-refractivity contribution in [3.05, 3.63) is 124 Å². The predicted molar refractivity (Wildman–Crippen MR) is 191 cm³/mol. The molecule has 0 radical (unpaired) electrons. The number of aromatic hydroxyl groups is 1. The summed E-state index contributed by atoms with van der Waals surface area (Å²) in [5, 5.41) is 12.3. The van der Waals surface area contributed by atoms with Crippen LogP contribution in [0.3, 0.4) is 0 Å². The van der Waals surface area contributed by atoms with Crippen LogP contribution in [-0.4, -0.2) is 77.4 Å². The molecular weight excluding hydrogens is 663 g/mol. The second-order valence-corrected chi connectivity index (χ2v) is 14.2. The van der Waals surface area contributed by atoms with Crippen molar-refractivity contribution in [3.8, 4) is 11.5 Å². The van der Waals surface area contributed by atoms with Crippen LogP contribution < -0.4 is 15.0 Å². The third kappa shape index (κ3) is 5.98. The highest BCUT2D eigenvalue weighted by atomic mass is 19.1. The van der Waals surface area contributed by atoms with Gasteiger partial charge in [-0.2, -0.15) is 0 Å². The molecule has 1 unspecified atom stereocenters. The molecule has 4 heterocycles. The summed E-state index contributed by atoms with van der Waals surface area (Å²) in [4.78, 5) is 55.6. The Bertz CT molecular complexity index is 2060. The number of carbonyl (C=O) groups is 4. The number of hydrogen-bond acceptors (Lipinski definition) is 8. The zero-order valence-electron chi connectivity index (χ0n) is 28.8. The monoisotopic (exact) mass is 702 g/mol. The molecule has 0 aromatic heterocycles. The number of anilines is 1. The number of fused-ring (bicyclic) bond motifs is 2. The Morgan fingerprint density at radius 1 is 0.885 bits per heavy atom. The molecule has 2 fully saturated rings. The van der Waals surface area contributed by atoms with E-state index in [0.29, 0.717) is 17.9 Å². The first-order chi connectivity index (χ1) is 25.2. The summed E-state index contributed by atoms with van der Waals surface area (Å²) in [5.41, 5.74) is 4.51. The Morgan fingerprint density at radius 2 is 1.63 bits per heavy atom. The summed E-state index contributed by atoms with van der Waals surface area (Å²) < 4.78 is 22.0. The average Bonchev–Trinajstić information content (AvgIpc) is 3.41. The highest BCUT2D eigenvalue weighted by Gasteiger charge is 2.46. The number of hydrogen-bond donors (Lipinski definition) is 2. The van der Waals surface area contributed by atoms with Crippen LogP contribution >= 0.6 is 0 Å². The van der Waals surface area contributed by atoms with Crippen LogP contribution in [0.2, 0.25) is 0 Å². The maximum atomic E-state index is 15.9. The Kier molecular flexibility index (Phi) is 8.74. The van der Waals surface area contributed by atoms with E-state index in [9.17, 15) is 24.3 Å². The van der Waals surface area contributed by atoms with Crippen LogP contribution in [0.15, 0.2) is 84.9 Å². The molecule has 3 atom stereocenters. The second-order valence-electron chi connectivity index (χ2n) is 14.2. The van der Waals surface area contributed by atoms with Crippen LogP contribution in [0.25, 0.3) is 0 Å². The van der Waals surface area contributed by atoms with Crippen LogP contribution in [0.4, 0.5) is 10.1 Å². The number of piperidine rings is 2. The molecule has 4 aliphatic heterocycles. The highest BCUT2D eigenvalue weighted by Crippen LogP contribution is 2.47. The van der Waals surface area contributed by atoms with Gasteiger partial charge in [0.25, 0.3) is 11.8 Å². The minimum absolute atomic E-state index is 0.000276. The topological polar surface area (TPSA) is 119 Å². The minimum atomic E-state index is -1.14. The van der Waals surface area contributed by atoms with Crippen LogP contribution in [-0.2, 0) is 16.1 Å². The lowest BCUT2D eigenvalue weighted by molar-refractivity contribution is -0.136. The summed E-state index contributed by atoms with van der Waals surface area (Å²) in [6.07, 6.45) is 1.73. The van der Waals surface area contributed by atoms with E-state index < -0.39 is 35.5 Å². The molecule has 8 rings (SSSR count). The molecule has 0 bridgehead atoms. The van der Waals surface area contributed by atoms with Gasteiger partial charge in [-0.3, -0.25) is 34.3 Å². The number of ether oxygens (including phenoxy) is 1. The molecular formula is C41H39FN4O6. The van der Waals surface area contributed by atoms with Crippen molar-refractivity contribution in [2.75, 3.05) is 31.6 Å². The van der Waals surface area contributed by atoms with Crippen LogP contribution in [0.1, 0.15) is 80.5 Å². The van der Waals surface area contributed by atoms with Crippen LogP contribution in [0.5, 0.6) is 11.5 Å². The molecule has 4 amide bonds. The molecule has 0 saturated carbocycles. The number of halogens is 1. The molecule has 266 valence electrons. The Hall–Kier alpha value is -5.55. The van der Waals surface area contributed by atoms with E-state index in [0.717, 1.165) is 42.1 Å². The van der Waals surface area contributed by atoms with E-state index in [-0.39, 0.29) is 54.1 Å². The van der Waals surface area contributed by atoms with E-state index in [1.165, 1.54) is 17.2 Å². The van der Waals surface area contributed by atoms with Crippen molar-refractivity contribution in [3.63, 3.8) is 0 Å². The van der Waals surface area contributed by atoms with Gasteiger partial charge in [-0.25, -0.2) is 4.39 Å². The molecule has 10 nitrogen and oxygen atoms in total. The smallest absolute Gasteiger partial charge is 0.265 e. The zero-order chi connectivity index (χ0) is 36.1. The first-order valence-corrected chi connectivity index (χ1v) is 17.8. The lowest BCUT2D eigenvalue weighted by Gasteiger charge is -2.38. The first kappa shape index (κ1) is 33.6. The van der Waals surface area contributed by atoms with E-state index in [4.69, 9.17) is 4.74 Å². The molecule has 11 heteroatoms. The Morgan fingerprint density at radius 3 is 2.37 bits per heavy atom. The number of phenolic OH excluding ortho intramolecular Hbond substituents is 1. The average molecular weight is 703 g/mol. The van der Waals surface area contributed by atoms with Gasteiger partial charge < -0.3 is 14.7 Å². The summed E-state index contributed by atoms with van der Waals surface area (Å²) >= 11 is 0. The number of nitrogens with one attached hydrogen (secondary N) is 1. The molecule has 0 spiro atoms. The van der Waals surface area contributed by atoms with Crippen molar-refractivity contribution in [2.45, 2.75) is 56.1 Å². The van der Waals surface area contributed by atoms with Crippen LogP contribution in [0, 0.1) is 5.82 Å². The van der Waals surface area contributed by atoms with Crippen molar-refractivity contribution in [2.24, 2.45) is 0 Å². The molecule has 2 saturated heterocycles. The standard InChI is InChI=1S/C41H39FN4O6/c1-44(22-26-9-13-31-37(38(26)42)41(51)46(40(31)50)33-15-16-35(48)43-39(33)49)27-17-19-45(20-18-27)28-10-7-25(8-11-28)36-30-14-12-29(47)21-34(30)52-23-32(36)24-5-3-2-4-6-24/h2-14,21,27,32-33,36,47H,15-20,22-23H2,1H3,(H,43,48,49)/t32-,33?,36-/m1/s1. The van der Waals surface area contributed by atoms with Crippen molar-refractivity contribution in [1.29, 1.82) is 0 Å². The molecule has 4 aromatic carbocycles. The van der Waals surface area contributed by atoms with Gasteiger partial charge in [-0.05, 0) is 61.7 Å². The number of benzene rings is 4. The highest BCUT2D eigenvalue weighted by molar-refractivity contribution is 6.23. The molecule has 0 aliphatic carbocycles. The minimum Gasteiger partial charge on any atom is -0.508 e. The van der Waals surface area contributed by atoms with E-state index in [2.05, 4.69) is 51.5 Å². The Labute approximate surface area is 300 Å².